The van der Waals surface area contributed by atoms with Crippen molar-refractivity contribution in [1.82, 2.24) is 15.5 Å². The van der Waals surface area contributed by atoms with E-state index < -0.39 is 55.8 Å². The van der Waals surface area contributed by atoms with Gasteiger partial charge in [0.25, 0.3) is 0 Å². The second kappa shape index (κ2) is 16.2. The predicted octanol–water partition coefficient (Wildman–Crippen LogP) is 5.32. The molecule has 4 N–H and O–H groups in total. The lowest BCUT2D eigenvalue weighted by atomic mass is 9.99. The number of hydrogen-bond donors (Lipinski definition) is 4. The molecule has 0 heterocycles. The molecule has 0 saturated carbocycles. The molecule has 0 bridgehead atoms. The molecule has 0 spiro atoms. The molecule has 11 heteroatoms. The van der Waals surface area contributed by atoms with E-state index in [0.717, 1.165) is 11.1 Å². The zero-order valence-corrected chi connectivity index (χ0v) is 29.3. The first-order valence-corrected chi connectivity index (χ1v) is 19.0. The smallest absolute Gasteiger partial charge is 0.407 e. The molecular weight excluding hydrogens is 590 g/mol. The number of amides is 3. The van der Waals surface area contributed by atoms with Crippen molar-refractivity contribution in [2.24, 2.45) is 0 Å². The monoisotopic (exact) mass is 643 g/mol. The van der Waals surface area contributed by atoms with Crippen LogP contribution in [0.2, 0.25) is 19.6 Å². The van der Waals surface area contributed by atoms with Crippen LogP contribution in [0.4, 0.5) is 14.4 Å². The van der Waals surface area contributed by atoms with Crippen LogP contribution in [0.25, 0.3) is 0 Å². The number of nitrogens with one attached hydrogen (secondary N) is 2. The molecule has 2 rings (SSSR count). The molecule has 250 valence electrons. The van der Waals surface area contributed by atoms with Gasteiger partial charge in [-0.1, -0.05) is 80.3 Å². The van der Waals surface area contributed by atoms with E-state index in [9.17, 15) is 24.6 Å². The minimum Gasteiger partial charge on any atom is -0.444 e. The Labute approximate surface area is 269 Å². The van der Waals surface area contributed by atoms with E-state index in [4.69, 9.17) is 9.47 Å². The summed E-state index contributed by atoms with van der Waals surface area (Å²) in [5.74, 6) is 0. The lowest BCUT2D eigenvalue weighted by Gasteiger charge is -2.36. The quantitative estimate of drug-likeness (QED) is 0.217. The average Bonchev–Trinajstić information content (AvgIpc) is 2.90. The normalized spacial score (nSPS) is 14.8. The van der Waals surface area contributed by atoms with Gasteiger partial charge in [0.1, 0.15) is 11.2 Å². The molecule has 0 saturated heterocycles. The van der Waals surface area contributed by atoms with Crippen molar-refractivity contribution < 1.29 is 34.1 Å². The maximum absolute atomic E-state index is 13.8. The number of carbonyl (C=O) groups excluding carboxylic acids is 3. The standard InChI is InChI=1S/C34H53N3O7Si/c1-33(2,3)43-30(40)35-26(20-24-16-12-10-13-17-24)28(38)22-37(32(42)45(7,8)9)23-29(39)27(21-25-18-14-11-15-19-25)36-31(41)44-34(4,5)6/h10-19,26-29,38-39H,20-23H2,1-9H3,(H,35,40)(H,36,41)/t26-,27-,28+,29+/m0/s1. The van der Waals surface area contributed by atoms with Crippen LogP contribution in [0.15, 0.2) is 60.7 Å². The van der Waals surface area contributed by atoms with Crippen molar-refractivity contribution in [3.63, 3.8) is 0 Å². The number of carbonyl (C=O) groups is 3. The molecule has 0 aliphatic rings. The topological polar surface area (TPSA) is 137 Å². The maximum atomic E-state index is 13.8. The summed E-state index contributed by atoms with van der Waals surface area (Å²) in [5.41, 5.74) is 0.0959. The molecule has 4 atom stereocenters. The molecule has 0 aliphatic carbocycles. The second-order valence-corrected chi connectivity index (χ2v) is 19.4. The molecule has 10 nitrogen and oxygen atoms in total. The van der Waals surface area contributed by atoms with Gasteiger partial charge in [-0.15, -0.1) is 0 Å². The first kappa shape index (κ1) is 37.8. The molecule has 0 fully saturated rings. The Hall–Kier alpha value is -3.41. The van der Waals surface area contributed by atoms with Gasteiger partial charge in [-0.2, -0.15) is 0 Å². The number of aliphatic hydroxyl groups excluding tert-OH is 2. The summed E-state index contributed by atoms with van der Waals surface area (Å²) in [5, 5.41) is 28.7. The minimum atomic E-state index is -2.46. The Morgan fingerprint density at radius 1 is 0.689 bits per heavy atom. The minimum absolute atomic E-state index is 0.155. The third-order valence-electron chi connectivity index (χ3n) is 6.67. The molecule has 0 aliphatic heterocycles. The van der Waals surface area contributed by atoms with Crippen LogP contribution in [0.5, 0.6) is 0 Å². The van der Waals surface area contributed by atoms with E-state index >= 15 is 0 Å². The summed E-state index contributed by atoms with van der Waals surface area (Å²) in [7, 11) is -2.46. The first-order chi connectivity index (χ1) is 20.7. The molecule has 0 aromatic heterocycles. The zero-order valence-electron chi connectivity index (χ0n) is 28.3. The van der Waals surface area contributed by atoms with Gasteiger partial charge in [0.15, 0.2) is 13.6 Å². The van der Waals surface area contributed by atoms with Crippen molar-refractivity contribution in [3.05, 3.63) is 71.8 Å². The number of rotatable bonds is 13. The first-order valence-electron chi connectivity index (χ1n) is 15.5. The van der Waals surface area contributed by atoms with E-state index in [2.05, 4.69) is 10.6 Å². The highest BCUT2D eigenvalue weighted by molar-refractivity contribution is 7.03. The highest BCUT2D eigenvalue weighted by atomic mass is 28.3. The summed E-state index contributed by atoms with van der Waals surface area (Å²) in [6.07, 6.45) is -3.19. The van der Waals surface area contributed by atoms with Crippen molar-refractivity contribution in [2.75, 3.05) is 13.1 Å². The Morgan fingerprint density at radius 2 is 1.02 bits per heavy atom. The van der Waals surface area contributed by atoms with Crippen LogP contribution in [0.3, 0.4) is 0 Å². The predicted molar refractivity (Wildman–Crippen MR) is 179 cm³/mol. The van der Waals surface area contributed by atoms with Crippen LogP contribution < -0.4 is 10.6 Å². The van der Waals surface area contributed by atoms with Crippen molar-refractivity contribution >= 4 is 25.8 Å². The van der Waals surface area contributed by atoms with E-state index in [0.29, 0.717) is 0 Å². The van der Waals surface area contributed by atoms with E-state index in [-0.39, 0.29) is 31.5 Å². The van der Waals surface area contributed by atoms with E-state index in [1.165, 1.54) is 4.90 Å². The van der Waals surface area contributed by atoms with Crippen LogP contribution in [-0.4, -0.2) is 89.5 Å². The molecule has 2 aromatic rings. The van der Waals surface area contributed by atoms with Crippen LogP contribution in [-0.2, 0) is 22.3 Å². The third kappa shape index (κ3) is 14.5. The number of benzene rings is 2. The Kier molecular flexibility index (Phi) is 13.6. The molecule has 2 aromatic carbocycles. The van der Waals surface area contributed by atoms with Gasteiger partial charge in [0.05, 0.1) is 24.3 Å². The molecule has 45 heavy (non-hydrogen) atoms. The van der Waals surface area contributed by atoms with Gasteiger partial charge in [0, 0.05) is 13.1 Å². The van der Waals surface area contributed by atoms with E-state index in [1.807, 2.05) is 80.3 Å². The van der Waals surface area contributed by atoms with Crippen molar-refractivity contribution in [3.8, 4) is 0 Å². The van der Waals surface area contributed by atoms with Crippen LogP contribution in [0.1, 0.15) is 52.7 Å². The molecule has 0 radical (unpaired) electrons. The number of aliphatic hydroxyl groups is 2. The Morgan fingerprint density at radius 3 is 1.31 bits per heavy atom. The van der Waals surface area contributed by atoms with Crippen molar-refractivity contribution in [2.45, 2.75) is 110 Å². The third-order valence-corrected chi connectivity index (χ3v) is 8.27. The average molecular weight is 644 g/mol. The molecule has 3 amide bonds. The second-order valence-electron chi connectivity index (χ2n) is 14.5. The highest BCUT2D eigenvalue weighted by Crippen LogP contribution is 2.17. The number of alkyl carbamates (subject to hydrolysis) is 2. The lowest BCUT2D eigenvalue weighted by Crippen LogP contribution is -2.58. The Balaban J connectivity index is 2.36. The summed E-state index contributed by atoms with van der Waals surface area (Å²) in [6.45, 7) is 15.9. The van der Waals surface area contributed by atoms with Crippen LogP contribution >= 0.6 is 0 Å². The zero-order chi connectivity index (χ0) is 34.0. The summed E-state index contributed by atoms with van der Waals surface area (Å²) >= 11 is 0. The fraction of sp³-hybridized carbons (Fsp3) is 0.559. The van der Waals surface area contributed by atoms with Gasteiger partial charge in [-0.3, -0.25) is 4.79 Å². The van der Waals surface area contributed by atoms with Gasteiger partial charge >= 0.3 is 12.2 Å². The van der Waals surface area contributed by atoms with Gasteiger partial charge in [-0.05, 0) is 65.5 Å². The molecule has 0 unspecified atom stereocenters. The summed E-state index contributed by atoms with van der Waals surface area (Å²) in [4.78, 5) is 40.8. The lowest BCUT2D eigenvalue weighted by molar-refractivity contribution is 0.0298. The van der Waals surface area contributed by atoms with Crippen molar-refractivity contribution in [1.29, 1.82) is 0 Å². The molecular formula is C34H53N3O7Si. The SMILES string of the molecule is CC(C)(C)OC(=O)N[C@@H](Cc1ccccc1)[C@H](O)CN(C[C@@H](O)[C@H](Cc1ccccc1)NC(=O)OC(C)(C)C)C(=O)[Si](C)(C)C. The maximum Gasteiger partial charge on any atom is 0.407 e. The number of hydrogen-bond acceptors (Lipinski definition) is 7. The van der Waals surface area contributed by atoms with Gasteiger partial charge < -0.3 is 35.2 Å². The van der Waals surface area contributed by atoms with Gasteiger partial charge in [-0.25, -0.2) is 9.59 Å². The highest BCUT2D eigenvalue weighted by Gasteiger charge is 2.36. The number of nitrogens with zero attached hydrogens (tertiary/aromatic N) is 1. The van der Waals surface area contributed by atoms with E-state index in [1.54, 1.807) is 41.5 Å². The number of ether oxygens (including phenoxy) is 2. The summed E-state index contributed by atoms with van der Waals surface area (Å²) < 4.78 is 10.9. The summed E-state index contributed by atoms with van der Waals surface area (Å²) in [6, 6.07) is 17.2. The Bertz CT molecular complexity index is 1140. The van der Waals surface area contributed by atoms with Gasteiger partial charge in [0.2, 0.25) is 0 Å². The fourth-order valence-corrected chi connectivity index (χ4v) is 5.77. The fourth-order valence-electron chi connectivity index (χ4n) is 4.64. The van der Waals surface area contributed by atoms with Crippen LogP contribution in [0, 0.1) is 0 Å². The largest absolute Gasteiger partial charge is 0.444 e.